The lowest BCUT2D eigenvalue weighted by atomic mass is 10.1. The zero-order valence-electron chi connectivity index (χ0n) is 20.7. The summed E-state index contributed by atoms with van der Waals surface area (Å²) in [4.78, 5) is 11.9. The molecule has 35 heavy (non-hydrogen) atoms. The molecule has 4 nitrogen and oxygen atoms in total. The minimum atomic E-state index is 0.307. The van der Waals surface area contributed by atoms with Crippen molar-refractivity contribution in [3.8, 4) is 0 Å². The van der Waals surface area contributed by atoms with Gasteiger partial charge in [0.15, 0.2) is 5.82 Å². The summed E-state index contributed by atoms with van der Waals surface area (Å²) in [6.45, 7) is 9.94. The molecule has 0 bridgehead atoms. The largest absolute Gasteiger partial charge is 0.367 e. The van der Waals surface area contributed by atoms with Crippen molar-refractivity contribution in [2.24, 2.45) is 0 Å². The lowest BCUT2D eigenvalue weighted by Gasteiger charge is -2.20. The summed E-state index contributed by atoms with van der Waals surface area (Å²) in [5, 5.41) is 5.01. The van der Waals surface area contributed by atoms with Gasteiger partial charge in [-0.05, 0) is 86.9 Å². The summed E-state index contributed by atoms with van der Waals surface area (Å²) in [6.07, 6.45) is 10.2. The van der Waals surface area contributed by atoms with Crippen molar-refractivity contribution in [1.29, 1.82) is 0 Å². The second kappa shape index (κ2) is 14.0. The quantitative estimate of drug-likeness (QED) is 0.268. The van der Waals surface area contributed by atoms with E-state index in [9.17, 15) is 0 Å². The van der Waals surface area contributed by atoms with E-state index in [1.165, 1.54) is 0 Å². The van der Waals surface area contributed by atoms with Gasteiger partial charge in [-0.15, -0.1) is 0 Å². The van der Waals surface area contributed by atoms with Crippen molar-refractivity contribution in [2.45, 2.75) is 39.7 Å². The van der Waals surface area contributed by atoms with Gasteiger partial charge in [0.05, 0.1) is 5.69 Å². The molecule has 184 valence electrons. The molecule has 1 N–H and O–H groups in total. The number of aromatic nitrogens is 2. The third-order valence-corrected chi connectivity index (χ3v) is 6.28. The Hall–Kier alpha value is -2.66. The van der Waals surface area contributed by atoms with Crippen molar-refractivity contribution in [2.75, 3.05) is 25.0 Å². The molecule has 0 aliphatic carbocycles. The van der Waals surface area contributed by atoms with Crippen LogP contribution in [0.1, 0.15) is 56.3 Å². The molecule has 1 aromatic heterocycles. The summed E-state index contributed by atoms with van der Waals surface area (Å²) in [6, 6.07) is 17.7. The van der Waals surface area contributed by atoms with Gasteiger partial charge in [-0.3, -0.25) is 0 Å². The summed E-state index contributed by atoms with van der Waals surface area (Å²) >= 11 is 12.0. The Morgan fingerprint density at radius 2 is 1.40 bits per heavy atom. The van der Waals surface area contributed by atoms with Crippen LogP contribution in [0.5, 0.6) is 0 Å². The fourth-order valence-electron chi connectivity index (χ4n) is 3.70. The maximum Gasteiger partial charge on any atom is 0.154 e. The van der Waals surface area contributed by atoms with E-state index in [0.717, 1.165) is 60.1 Å². The minimum absolute atomic E-state index is 0.307. The first-order valence-electron chi connectivity index (χ1n) is 12.2. The molecule has 0 aliphatic heterocycles. The summed E-state index contributed by atoms with van der Waals surface area (Å²) < 4.78 is 0. The Morgan fingerprint density at radius 1 is 0.829 bits per heavy atom. The molecular weight excluding hydrogens is 475 g/mol. The highest BCUT2D eigenvalue weighted by Crippen LogP contribution is 2.17. The van der Waals surface area contributed by atoms with Crippen LogP contribution in [-0.2, 0) is 0 Å². The third kappa shape index (κ3) is 9.48. The van der Waals surface area contributed by atoms with Gasteiger partial charge >= 0.3 is 0 Å². The van der Waals surface area contributed by atoms with Crippen molar-refractivity contribution in [3.05, 3.63) is 87.3 Å². The molecule has 0 saturated carbocycles. The Balaban J connectivity index is 1.77. The van der Waals surface area contributed by atoms with Crippen LogP contribution in [-0.4, -0.2) is 40.5 Å². The van der Waals surface area contributed by atoms with Gasteiger partial charge in [-0.2, -0.15) is 0 Å². The van der Waals surface area contributed by atoms with Crippen molar-refractivity contribution < 1.29 is 0 Å². The highest BCUT2D eigenvalue weighted by atomic mass is 35.5. The van der Waals surface area contributed by atoms with Crippen molar-refractivity contribution in [3.63, 3.8) is 0 Å². The maximum atomic E-state index is 6.01. The van der Waals surface area contributed by atoms with E-state index < -0.39 is 0 Å². The van der Waals surface area contributed by atoms with E-state index in [1.54, 1.807) is 0 Å². The maximum absolute atomic E-state index is 6.01. The monoisotopic (exact) mass is 508 g/mol. The van der Waals surface area contributed by atoms with E-state index in [4.69, 9.17) is 33.2 Å². The average Bonchev–Trinajstić information content (AvgIpc) is 2.86. The molecule has 1 atom stereocenters. The highest BCUT2D eigenvalue weighted by Gasteiger charge is 2.07. The Bertz CT molecular complexity index is 1030. The number of nitrogens with zero attached hydrogens (tertiary/aromatic N) is 3. The first kappa shape index (κ1) is 26.9. The fourth-order valence-corrected chi connectivity index (χ4v) is 3.96. The second-order valence-corrected chi connectivity index (χ2v) is 9.39. The molecule has 0 fully saturated rings. The smallest absolute Gasteiger partial charge is 0.154 e. The zero-order chi connectivity index (χ0) is 25.0. The number of benzene rings is 2. The summed E-state index contributed by atoms with van der Waals surface area (Å²) in [5.41, 5.74) is 2.94. The van der Waals surface area contributed by atoms with Crippen LogP contribution in [0.2, 0.25) is 10.0 Å². The number of nitrogens with one attached hydrogen (secondary N) is 1. The van der Waals surface area contributed by atoms with E-state index in [2.05, 4.69) is 31.0 Å². The van der Waals surface area contributed by atoms with E-state index in [-0.39, 0.29) is 0 Å². The Kier molecular flexibility index (Phi) is 10.8. The number of hydrogen-bond donors (Lipinski definition) is 1. The third-order valence-electron chi connectivity index (χ3n) is 5.77. The van der Waals surface area contributed by atoms with Gasteiger partial charge in [-0.1, -0.05) is 73.5 Å². The Morgan fingerprint density at radius 3 is 1.97 bits per heavy atom. The number of rotatable bonds is 12. The molecule has 1 unspecified atom stereocenters. The van der Waals surface area contributed by atoms with Crippen molar-refractivity contribution in [1.82, 2.24) is 14.9 Å². The molecule has 0 aliphatic rings. The minimum Gasteiger partial charge on any atom is -0.367 e. The van der Waals surface area contributed by atoms with Crippen LogP contribution >= 0.6 is 23.2 Å². The van der Waals surface area contributed by atoms with Crippen LogP contribution in [0.4, 0.5) is 5.82 Å². The predicted octanol–water partition coefficient (Wildman–Crippen LogP) is 8.05. The van der Waals surface area contributed by atoms with Crippen LogP contribution in [0.15, 0.2) is 54.6 Å². The number of anilines is 1. The average molecular weight is 510 g/mol. The lowest BCUT2D eigenvalue weighted by Crippen LogP contribution is -2.25. The lowest BCUT2D eigenvalue weighted by molar-refractivity contribution is 0.295. The van der Waals surface area contributed by atoms with Gasteiger partial charge in [0.1, 0.15) is 5.82 Å². The number of hydrogen-bond acceptors (Lipinski definition) is 4. The number of halogens is 2. The van der Waals surface area contributed by atoms with Gasteiger partial charge in [0, 0.05) is 22.2 Å². The topological polar surface area (TPSA) is 41.0 Å². The van der Waals surface area contributed by atoms with Crippen molar-refractivity contribution >= 4 is 53.3 Å². The van der Waals surface area contributed by atoms with E-state index in [0.29, 0.717) is 16.9 Å². The van der Waals surface area contributed by atoms with E-state index in [1.807, 2.05) is 78.9 Å². The van der Waals surface area contributed by atoms with E-state index >= 15 is 0 Å². The molecule has 3 aromatic rings. The molecule has 3 rings (SSSR count). The van der Waals surface area contributed by atoms with Gasteiger partial charge < -0.3 is 10.2 Å². The molecular formula is C29H34Cl2N4. The molecule has 2 aromatic carbocycles. The molecule has 0 saturated heterocycles. The van der Waals surface area contributed by atoms with Gasteiger partial charge in [-0.25, -0.2) is 9.97 Å². The Labute approximate surface area is 219 Å². The predicted molar refractivity (Wildman–Crippen MR) is 153 cm³/mol. The van der Waals surface area contributed by atoms with Gasteiger partial charge in [0.2, 0.25) is 0 Å². The molecule has 6 heteroatoms. The molecule has 0 spiro atoms. The summed E-state index contributed by atoms with van der Waals surface area (Å²) in [7, 11) is 0. The zero-order valence-corrected chi connectivity index (χ0v) is 22.2. The fraction of sp³-hybridized carbons (Fsp3) is 0.310. The molecule has 0 radical (unpaired) electrons. The SMILES string of the molecule is CCN(CC)CCCC(C)Nc1cc(C=Cc2ccc(Cl)cc2)nc(C=Cc2ccc(Cl)cc2)n1. The molecule has 0 amide bonds. The normalized spacial score (nSPS) is 12.6. The van der Waals surface area contributed by atoms with Gasteiger partial charge in [0.25, 0.3) is 0 Å². The standard InChI is InChI=1S/C29H34Cl2N4/c1-4-35(5-2)20-6-7-22(3)32-29-21-27(18-12-23-8-14-25(30)15-9-23)33-28(34-29)19-13-24-10-16-26(31)17-11-24/h8-19,21-22H,4-7,20H2,1-3H3,(H,32,33,34). The molecule has 1 heterocycles. The van der Waals surface area contributed by atoms with Crippen LogP contribution in [0.3, 0.4) is 0 Å². The van der Waals surface area contributed by atoms with Crippen LogP contribution in [0.25, 0.3) is 24.3 Å². The summed E-state index contributed by atoms with van der Waals surface area (Å²) in [5.74, 6) is 1.47. The first-order chi connectivity index (χ1) is 16.9. The van der Waals surface area contributed by atoms with Crippen LogP contribution < -0.4 is 5.32 Å². The highest BCUT2D eigenvalue weighted by molar-refractivity contribution is 6.30. The first-order valence-corrected chi connectivity index (χ1v) is 13.0. The van der Waals surface area contributed by atoms with Crippen LogP contribution in [0, 0.1) is 0 Å². The second-order valence-electron chi connectivity index (χ2n) is 8.52.